The number of aromatic nitrogens is 2. The van der Waals surface area contributed by atoms with Crippen molar-refractivity contribution in [3.63, 3.8) is 0 Å². The van der Waals surface area contributed by atoms with Crippen LogP contribution in [0.2, 0.25) is 0 Å². The lowest BCUT2D eigenvalue weighted by molar-refractivity contribution is 0.0994. The Hall–Kier alpha value is -2.08. The number of hydrogen-bond acceptors (Lipinski definition) is 5. The molecular formula is C15H16N2O3S. The van der Waals surface area contributed by atoms with E-state index < -0.39 is 0 Å². The predicted molar refractivity (Wildman–Crippen MR) is 82.2 cm³/mol. The summed E-state index contributed by atoms with van der Waals surface area (Å²) in [6.45, 7) is 3.54. The summed E-state index contributed by atoms with van der Waals surface area (Å²) in [5.74, 6) is 0.684. The normalized spacial score (nSPS) is 12.0. The molecule has 1 aromatic carbocycles. The van der Waals surface area contributed by atoms with Crippen LogP contribution >= 0.6 is 11.8 Å². The van der Waals surface area contributed by atoms with Gasteiger partial charge < -0.3 is 9.72 Å². The van der Waals surface area contributed by atoms with Crippen LogP contribution in [0.4, 0.5) is 0 Å². The van der Waals surface area contributed by atoms with E-state index in [9.17, 15) is 9.59 Å². The first-order valence-corrected chi connectivity index (χ1v) is 7.30. The zero-order chi connectivity index (χ0) is 15.4. The highest BCUT2D eigenvalue weighted by molar-refractivity contribution is 8.00. The lowest BCUT2D eigenvalue weighted by Crippen LogP contribution is -2.16. The maximum Gasteiger partial charge on any atom is 0.251 e. The molecule has 0 aliphatic heterocycles. The first-order chi connectivity index (χ1) is 9.99. The molecule has 5 nitrogen and oxygen atoms in total. The highest BCUT2D eigenvalue weighted by atomic mass is 32.2. The van der Waals surface area contributed by atoms with Crippen molar-refractivity contribution >= 4 is 17.5 Å². The molecule has 1 heterocycles. The van der Waals surface area contributed by atoms with Gasteiger partial charge in [-0.1, -0.05) is 11.8 Å². The Balaban J connectivity index is 2.13. The van der Waals surface area contributed by atoms with Gasteiger partial charge in [0.05, 0.1) is 12.4 Å². The van der Waals surface area contributed by atoms with Crippen LogP contribution in [0.3, 0.4) is 0 Å². The molecule has 1 N–H and O–H groups in total. The molecule has 1 unspecified atom stereocenters. The Morgan fingerprint density at radius 2 is 2.00 bits per heavy atom. The van der Waals surface area contributed by atoms with Crippen LogP contribution in [-0.4, -0.2) is 28.1 Å². The molecule has 110 valence electrons. The summed E-state index contributed by atoms with van der Waals surface area (Å²) in [7, 11) is 1.58. The fourth-order valence-corrected chi connectivity index (χ4v) is 2.75. The molecular weight excluding hydrogens is 288 g/mol. The Morgan fingerprint density at radius 3 is 2.57 bits per heavy atom. The van der Waals surface area contributed by atoms with Crippen LogP contribution in [0.15, 0.2) is 40.3 Å². The van der Waals surface area contributed by atoms with Crippen LogP contribution < -0.4 is 10.3 Å². The highest BCUT2D eigenvalue weighted by Gasteiger charge is 2.17. The molecule has 0 bridgehead atoms. The Kier molecular flexibility index (Phi) is 4.80. The first kappa shape index (κ1) is 15.3. The minimum atomic E-state index is -0.344. The molecule has 0 spiro atoms. The third-order valence-corrected chi connectivity index (χ3v) is 3.86. The average molecular weight is 304 g/mol. The van der Waals surface area contributed by atoms with Crippen LogP contribution in [0.5, 0.6) is 5.75 Å². The number of rotatable bonds is 5. The van der Waals surface area contributed by atoms with E-state index in [2.05, 4.69) is 9.97 Å². The van der Waals surface area contributed by atoms with E-state index in [1.165, 1.54) is 17.8 Å². The summed E-state index contributed by atoms with van der Waals surface area (Å²) in [6, 6.07) is 8.37. The number of benzene rings is 1. The number of carbonyl (C=O) groups is 1. The lowest BCUT2D eigenvalue weighted by atomic mass is 10.1. The van der Waals surface area contributed by atoms with Crippen LogP contribution in [0.1, 0.15) is 23.0 Å². The van der Waals surface area contributed by atoms with Crippen LogP contribution in [-0.2, 0) is 0 Å². The number of Topliss-reactive ketones (excluding diaryl/α,β-unsaturated/α-hetero) is 1. The fraction of sp³-hybridized carbons (Fsp3) is 0.267. The van der Waals surface area contributed by atoms with Gasteiger partial charge in [0.15, 0.2) is 10.9 Å². The maximum atomic E-state index is 12.3. The van der Waals surface area contributed by atoms with E-state index in [1.807, 2.05) is 0 Å². The van der Waals surface area contributed by atoms with Crippen molar-refractivity contribution in [1.29, 1.82) is 0 Å². The Bertz CT molecular complexity index is 695. The first-order valence-electron chi connectivity index (χ1n) is 6.42. The summed E-state index contributed by atoms with van der Waals surface area (Å²) in [5.41, 5.74) is 1.02. The summed E-state index contributed by atoms with van der Waals surface area (Å²) < 4.78 is 5.07. The van der Waals surface area contributed by atoms with Crippen molar-refractivity contribution in [2.24, 2.45) is 0 Å². The van der Waals surface area contributed by atoms with Gasteiger partial charge in [0.25, 0.3) is 5.56 Å². The molecule has 0 amide bonds. The van der Waals surface area contributed by atoms with Crippen molar-refractivity contribution in [3.05, 3.63) is 51.9 Å². The quantitative estimate of drug-likeness (QED) is 0.522. The largest absolute Gasteiger partial charge is 0.497 e. The average Bonchev–Trinajstić information content (AvgIpc) is 2.45. The van der Waals surface area contributed by atoms with Gasteiger partial charge in [-0.25, -0.2) is 4.98 Å². The second-order valence-electron chi connectivity index (χ2n) is 4.54. The number of ether oxygens (including phenoxy) is 1. The number of nitrogens with one attached hydrogen (secondary N) is 1. The van der Waals surface area contributed by atoms with Gasteiger partial charge in [-0.05, 0) is 38.1 Å². The maximum absolute atomic E-state index is 12.3. The molecule has 0 radical (unpaired) electrons. The Labute approximate surface area is 126 Å². The molecule has 0 fully saturated rings. The van der Waals surface area contributed by atoms with Gasteiger partial charge in [0.2, 0.25) is 0 Å². The number of methoxy groups -OCH3 is 1. The zero-order valence-corrected chi connectivity index (χ0v) is 12.9. The van der Waals surface area contributed by atoms with E-state index in [0.29, 0.717) is 22.2 Å². The van der Waals surface area contributed by atoms with Gasteiger partial charge >= 0.3 is 0 Å². The number of aromatic amines is 1. The number of thioether (sulfide) groups is 1. The number of nitrogens with zero attached hydrogens (tertiary/aromatic N) is 1. The number of hydrogen-bond donors (Lipinski definition) is 1. The number of aryl methyl sites for hydroxylation is 1. The molecule has 2 rings (SSSR count). The summed E-state index contributed by atoms with van der Waals surface area (Å²) in [5, 5.41) is 0.109. The smallest absolute Gasteiger partial charge is 0.251 e. The summed E-state index contributed by atoms with van der Waals surface area (Å²) >= 11 is 1.24. The predicted octanol–water partition coefficient (Wildman–Crippen LogP) is 2.45. The number of ketones is 1. The molecule has 0 aliphatic carbocycles. The molecule has 1 aromatic heterocycles. The van der Waals surface area contributed by atoms with Gasteiger partial charge in [0, 0.05) is 17.3 Å². The second kappa shape index (κ2) is 6.58. The van der Waals surface area contributed by atoms with E-state index in [0.717, 1.165) is 0 Å². The van der Waals surface area contributed by atoms with Gasteiger partial charge in [-0.3, -0.25) is 9.59 Å². The number of carbonyl (C=O) groups excluding carboxylic acids is 1. The second-order valence-corrected chi connectivity index (χ2v) is 5.87. The SMILES string of the molecule is COc1ccc(C(=O)C(C)Sc2nc(C)cc(=O)[nH]2)cc1. The molecule has 0 saturated heterocycles. The summed E-state index contributed by atoms with van der Waals surface area (Å²) in [6.07, 6.45) is 0. The minimum absolute atomic E-state index is 0.0215. The molecule has 0 aliphatic rings. The molecule has 0 saturated carbocycles. The minimum Gasteiger partial charge on any atom is -0.497 e. The van der Waals surface area contributed by atoms with Crippen LogP contribution in [0, 0.1) is 6.92 Å². The van der Waals surface area contributed by atoms with Crippen molar-refractivity contribution in [2.75, 3.05) is 7.11 Å². The fourth-order valence-electron chi connectivity index (χ4n) is 1.82. The van der Waals surface area contributed by atoms with Crippen molar-refractivity contribution < 1.29 is 9.53 Å². The van der Waals surface area contributed by atoms with E-state index in [4.69, 9.17) is 4.74 Å². The van der Waals surface area contributed by atoms with E-state index in [-0.39, 0.29) is 16.6 Å². The zero-order valence-electron chi connectivity index (χ0n) is 12.0. The van der Waals surface area contributed by atoms with E-state index >= 15 is 0 Å². The lowest BCUT2D eigenvalue weighted by Gasteiger charge is -2.10. The Morgan fingerprint density at radius 1 is 1.33 bits per heavy atom. The molecule has 21 heavy (non-hydrogen) atoms. The monoisotopic (exact) mass is 304 g/mol. The van der Waals surface area contributed by atoms with Gasteiger partial charge in [-0.15, -0.1) is 0 Å². The highest BCUT2D eigenvalue weighted by Crippen LogP contribution is 2.22. The standard InChI is InChI=1S/C15H16N2O3S/c1-9-8-13(18)17-15(16-9)21-10(2)14(19)11-4-6-12(20-3)7-5-11/h4-8,10H,1-3H3,(H,16,17,18). The van der Waals surface area contributed by atoms with Gasteiger partial charge in [-0.2, -0.15) is 0 Å². The molecule has 6 heteroatoms. The topological polar surface area (TPSA) is 72.0 Å². The van der Waals surface area contributed by atoms with Crippen molar-refractivity contribution in [2.45, 2.75) is 24.3 Å². The third kappa shape index (κ3) is 3.95. The van der Waals surface area contributed by atoms with Crippen molar-refractivity contribution in [1.82, 2.24) is 9.97 Å². The third-order valence-electron chi connectivity index (χ3n) is 2.88. The van der Waals surface area contributed by atoms with Crippen molar-refractivity contribution in [3.8, 4) is 5.75 Å². The molecule has 2 aromatic rings. The summed E-state index contributed by atoms with van der Waals surface area (Å²) in [4.78, 5) is 30.6. The van der Waals surface area contributed by atoms with Gasteiger partial charge in [0.1, 0.15) is 5.75 Å². The van der Waals surface area contributed by atoms with Crippen LogP contribution in [0.25, 0.3) is 0 Å². The van der Waals surface area contributed by atoms with E-state index in [1.54, 1.807) is 45.2 Å². The number of H-pyrrole nitrogens is 1. The molecule has 1 atom stereocenters.